The van der Waals surface area contributed by atoms with E-state index in [-0.39, 0.29) is 11.9 Å². The van der Waals surface area contributed by atoms with Crippen molar-refractivity contribution in [2.24, 2.45) is 0 Å². The second-order valence-electron chi connectivity index (χ2n) is 11.5. The van der Waals surface area contributed by atoms with Crippen LogP contribution in [0.3, 0.4) is 0 Å². The van der Waals surface area contributed by atoms with E-state index in [2.05, 4.69) is 61.8 Å². The van der Waals surface area contributed by atoms with Gasteiger partial charge in [-0.25, -0.2) is 4.98 Å². The van der Waals surface area contributed by atoms with Crippen LogP contribution in [0.4, 0.5) is 17.3 Å². The molecule has 4 heterocycles. The highest BCUT2D eigenvalue weighted by molar-refractivity contribution is 7.20. The molecular formula is C32H36N6OS. The molecule has 1 saturated carbocycles. The molecule has 2 aromatic heterocycles. The average Bonchev–Trinajstić information content (AvgIpc) is 3.76. The van der Waals surface area contributed by atoms with E-state index in [1.54, 1.807) is 17.5 Å². The zero-order valence-corrected chi connectivity index (χ0v) is 23.6. The Bertz CT molecular complexity index is 1440. The molecule has 7 nitrogen and oxygen atoms in total. The predicted molar refractivity (Wildman–Crippen MR) is 163 cm³/mol. The summed E-state index contributed by atoms with van der Waals surface area (Å²) in [7, 11) is 0. The zero-order chi connectivity index (χ0) is 26.9. The van der Waals surface area contributed by atoms with E-state index in [4.69, 9.17) is 4.98 Å². The molecule has 4 aromatic rings. The molecule has 1 atom stereocenters. The van der Waals surface area contributed by atoms with Crippen molar-refractivity contribution in [3.8, 4) is 0 Å². The van der Waals surface area contributed by atoms with E-state index in [1.165, 1.54) is 44.3 Å². The first-order chi connectivity index (χ1) is 19.7. The van der Waals surface area contributed by atoms with Crippen LogP contribution in [0.25, 0.3) is 10.1 Å². The van der Waals surface area contributed by atoms with Gasteiger partial charge in [0.25, 0.3) is 5.91 Å². The fourth-order valence-electron chi connectivity index (χ4n) is 6.25. The molecule has 0 bridgehead atoms. The highest BCUT2D eigenvalue weighted by Gasteiger charge is 2.32. The van der Waals surface area contributed by atoms with Crippen molar-refractivity contribution in [2.45, 2.75) is 56.5 Å². The quantitative estimate of drug-likeness (QED) is 0.285. The second-order valence-corrected chi connectivity index (χ2v) is 12.5. The normalized spacial score (nSPS) is 20.5. The number of hydrogen-bond acceptors (Lipinski definition) is 7. The molecule has 3 aliphatic rings. The van der Waals surface area contributed by atoms with Crippen molar-refractivity contribution in [3.05, 3.63) is 77.4 Å². The van der Waals surface area contributed by atoms with Crippen molar-refractivity contribution < 1.29 is 4.79 Å². The fraction of sp³-hybridized carbons (Fsp3) is 0.406. The summed E-state index contributed by atoms with van der Waals surface area (Å²) >= 11 is 1.55. The monoisotopic (exact) mass is 552 g/mol. The number of piperidine rings is 2. The molecule has 206 valence electrons. The van der Waals surface area contributed by atoms with E-state index < -0.39 is 0 Å². The molecule has 0 spiro atoms. The summed E-state index contributed by atoms with van der Waals surface area (Å²) in [6, 6.07) is 19.9. The number of fused-ring (bicyclic) bond motifs is 1. The number of thiophene rings is 1. The van der Waals surface area contributed by atoms with Crippen molar-refractivity contribution in [3.63, 3.8) is 0 Å². The van der Waals surface area contributed by atoms with Crippen LogP contribution < -0.4 is 15.5 Å². The first-order valence-electron chi connectivity index (χ1n) is 14.7. The maximum atomic E-state index is 13.0. The molecule has 40 heavy (non-hydrogen) atoms. The molecule has 0 unspecified atom stereocenters. The Morgan fingerprint density at radius 3 is 2.55 bits per heavy atom. The number of carbonyl (C=O) groups is 1. The summed E-state index contributed by atoms with van der Waals surface area (Å²) in [4.78, 5) is 28.0. The first kappa shape index (κ1) is 25.5. The summed E-state index contributed by atoms with van der Waals surface area (Å²) in [6.45, 7) is 4.11. The second kappa shape index (κ2) is 11.2. The van der Waals surface area contributed by atoms with Crippen molar-refractivity contribution in [1.29, 1.82) is 0 Å². The number of anilines is 3. The lowest BCUT2D eigenvalue weighted by Crippen LogP contribution is -2.48. The maximum absolute atomic E-state index is 13.0. The first-order valence-corrected chi connectivity index (χ1v) is 15.5. The highest BCUT2D eigenvalue weighted by atomic mass is 32.1. The number of nitrogens with zero attached hydrogens (tertiary/aromatic N) is 4. The van der Waals surface area contributed by atoms with E-state index in [0.29, 0.717) is 5.92 Å². The number of nitrogens with one attached hydrogen (secondary N) is 2. The van der Waals surface area contributed by atoms with Gasteiger partial charge in [-0.1, -0.05) is 30.3 Å². The van der Waals surface area contributed by atoms with Gasteiger partial charge in [-0.15, -0.1) is 11.3 Å². The molecule has 1 amide bonds. The van der Waals surface area contributed by atoms with Crippen LogP contribution in [-0.2, 0) is 0 Å². The highest BCUT2D eigenvalue weighted by Crippen LogP contribution is 2.35. The molecule has 2 saturated heterocycles. The van der Waals surface area contributed by atoms with Gasteiger partial charge in [0.15, 0.2) is 5.82 Å². The third kappa shape index (κ3) is 5.69. The van der Waals surface area contributed by atoms with E-state index in [1.807, 2.05) is 24.4 Å². The largest absolute Gasteiger partial charge is 0.353 e. The Morgan fingerprint density at radius 2 is 1.75 bits per heavy atom. The SMILES string of the molecule is O=C(N[C@@H]1CCCN(c2cncc(Nc3ccc(C4CCN(C5CC5)CC4)cc3)n2)C1)c1cc2ccccc2s1. The van der Waals surface area contributed by atoms with Crippen molar-refractivity contribution >= 4 is 44.7 Å². The van der Waals surface area contributed by atoms with Crippen LogP contribution in [0.5, 0.6) is 0 Å². The molecule has 2 aliphatic heterocycles. The third-order valence-electron chi connectivity index (χ3n) is 8.60. The smallest absolute Gasteiger partial charge is 0.261 e. The van der Waals surface area contributed by atoms with E-state index in [0.717, 1.165) is 64.3 Å². The standard InChI is InChI=1S/C32H36N6OS/c39-32(29-18-24-4-1-2-6-28(24)40-29)35-26-5-3-15-38(21-26)31-20-33-19-30(36-31)34-25-9-7-22(8-10-25)23-13-16-37(17-14-23)27-11-12-27/h1-2,4,6-10,18-20,23,26-27H,3,5,11-17,21H2,(H,34,36)(H,35,39)/t26-/m1/s1. The molecule has 2 aromatic carbocycles. The van der Waals surface area contributed by atoms with Gasteiger partial charge in [-0.2, -0.15) is 0 Å². The van der Waals surface area contributed by atoms with Gasteiger partial charge in [0.1, 0.15) is 5.82 Å². The summed E-state index contributed by atoms with van der Waals surface area (Å²) in [5.41, 5.74) is 2.47. The topological polar surface area (TPSA) is 73.4 Å². The fourth-order valence-corrected chi connectivity index (χ4v) is 7.21. The Labute approximate surface area is 239 Å². The Kier molecular flexibility index (Phi) is 7.12. The lowest BCUT2D eigenvalue weighted by Gasteiger charge is -2.33. The molecule has 1 aliphatic carbocycles. The van der Waals surface area contributed by atoms with E-state index >= 15 is 0 Å². The minimum atomic E-state index is 0.00599. The lowest BCUT2D eigenvalue weighted by molar-refractivity contribution is 0.0937. The average molecular weight is 553 g/mol. The molecule has 8 heteroatoms. The van der Waals surface area contributed by atoms with Crippen LogP contribution >= 0.6 is 11.3 Å². The third-order valence-corrected chi connectivity index (χ3v) is 9.71. The van der Waals surface area contributed by atoms with E-state index in [9.17, 15) is 4.79 Å². The van der Waals surface area contributed by atoms with Crippen LogP contribution in [-0.4, -0.2) is 59.0 Å². The van der Waals surface area contributed by atoms with Gasteiger partial charge in [-0.05, 0) is 92.7 Å². The summed E-state index contributed by atoms with van der Waals surface area (Å²) < 4.78 is 1.14. The van der Waals surface area contributed by atoms with Gasteiger partial charge in [0, 0.05) is 35.6 Å². The lowest BCUT2D eigenvalue weighted by atomic mass is 9.89. The summed E-state index contributed by atoms with van der Waals surface area (Å²) in [5, 5.41) is 7.82. The zero-order valence-electron chi connectivity index (χ0n) is 22.8. The van der Waals surface area contributed by atoms with Gasteiger partial charge in [0.05, 0.1) is 17.3 Å². The number of carbonyl (C=O) groups excluding carboxylic acids is 1. The minimum Gasteiger partial charge on any atom is -0.353 e. The van der Waals surface area contributed by atoms with Crippen LogP contribution in [0.15, 0.2) is 67.0 Å². The summed E-state index contributed by atoms with van der Waals surface area (Å²) in [6.07, 6.45) is 10.9. The van der Waals surface area contributed by atoms with Crippen molar-refractivity contribution in [2.75, 3.05) is 36.4 Å². The van der Waals surface area contributed by atoms with Gasteiger partial charge in [0.2, 0.25) is 0 Å². The molecule has 7 rings (SSSR count). The Hall–Kier alpha value is -3.49. The number of benzene rings is 2. The maximum Gasteiger partial charge on any atom is 0.261 e. The summed E-state index contributed by atoms with van der Waals surface area (Å²) in [5.74, 6) is 2.24. The van der Waals surface area contributed by atoms with Crippen LogP contribution in [0.1, 0.15) is 59.7 Å². The van der Waals surface area contributed by atoms with Crippen LogP contribution in [0, 0.1) is 0 Å². The van der Waals surface area contributed by atoms with Gasteiger partial charge in [-0.3, -0.25) is 9.78 Å². The molecular weight excluding hydrogens is 516 g/mol. The van der Waals surface area contributed by atoms with Crippen molar-refractivity contribution in [1.82, 2.24) is 20.2 Å². The Balaban J connectivity index is 0.957. The Morgan fingerprint density at radius 1 is 0.925 bits per heavy atom. The number of amides is 1. The number of aromatic nitrogens is 2. The number of rotatable bonds is 7. The van der Waals surface area contributed by atoms with Crippen LogP contribution in [0.2, 0.25) is 0 Å². The van der Waals surface area contributed by atoms with Gasteiger partial charge >= 0.3 is 0 Å². The molecule has 0 radical (unpaired) electrons. The molecule has 3 fully saturated rings. The minimum absolute atomic E-state index is 0.00599. The number of hydrogen-bond donors (Lipinski definition) is 2. The van der Waals surface area contributed by atoms with Gasteiger partial charge < -0.3 is 20.4 Å². The number of likely N-dealkylation sites (tertiary alicyclic amines) is 1. The molecule has 2 N–H and O–H groups in total. The predicted octanol–water partition coefficient (Wildman–Crippen LogP) is 6.18.